The Bertz CT molecular complexity index is 1030. The molecule has 1 heterocycles. The lowest BCUT2D eigenvalue weighted by molar-refractivity contribution is -0.123. The highest BCUT2D eigenvalue weighted by atomic mass is 16.5. The lowest BCUT2D eigenvalue weighted by Gasteiger charge is -2.12. The molecular formula is C22H23N3O3. The standard InChI is InChI=1S/C22H23N3O3/c1-4-16-7-5-6-8-20(16)28-13-21(26)24-25-22(27)18-12-15(3)23-19-10-9-14(2)11-17(18)19/h5-12H,4,13H2,1-3H3,(H,24,26)(H,25,27). The predicted octanol–water partition coefficient (Wildman–Crippen LogP) is 3.25. The highest BCUT2D eigenvalue weighted by Gasteiger charge is 2.13. The van der Waals surface area contributed by atoms with Crippen molar-refractivity contribution >= 4 is 22.7 Å². The molecule has 0 aliphatic heterocycles. The number of rotatable bonds is 5. The summed E-state index contributed by atoms with van der Waals surface area (Å²) >= 11 is 0. The van der Waals surface area contributed by atoms with Crippen molar-refractivity contribution in [2.75, 3.05) is 6.61 Å². The van der Waals surface area contributed by atoms with Crippen LogP contribution in [0.25, 0.3) is 10.9 Å². The van der Waals surface area contributed by atoms with Gasteiger partial charge in [0.2, 0.25) is 0 Å². The summed E-state index contributed by atoms with van der Waals surface area (Å²) in [5.74, 6) is -0.174. The van der Waals surface area contributed by atoms with Gasteiger partial charge in [0.1, 0.15) is 5.75 Å². The maximum absolute atomic E-state index is 12.6. The highest BCUT2D eigenvalue weighted by Crippen LogP contribution is 2.20. The van der Waals surface area contributed by atoms with Gasteiger partial charge in [-0.05, 0) is 50.1 Å². The molecule has 0 saturated carbocycles. The van der Waals surface area contributed by atoms with Crippen molar-refractivity contribution in [3.63, 3.8) is 0 Å². The third kappa shape index (κ3) is 4.46. The number of nitrogens with one attached hydrogen (secondary N) is 2. The van der Waals surface area contributed by atoms with Gasteiger partial charge < -0.3 is 4.74 Å². The average Bonchev–Trinajstić information content (AvgIpc) is 2.70. The van der Waals surface area contributed by atoms with Gasteiger partial charge in [0.25, 0.3) is 11.8 Å². The minimum Gasteiger partial charge on any atom is -0.483 e. The second-order valence-electron chi connectivity index (χ2n) is 6.58. The van der Waals surface area contributed by atoms with Gasteiger partial charge >= 0.3 is 0 Å². The molecule has 0 bridgehead atoms. The Kier molecular flexibility index (Phi) is 5.89. The van der Waals surface area contributed by atoms with E-state index in [-0.39, 0.29) is 6.61 Å². The number of fused-ring (bicyclic) bond motifs is 1. The van der Waals surface area contributed by atoms with Crippen LogP contribution in [0.15, 0.2) is 48.5 Å². The van der Waals surface area contributed by atoms with E-state index in [1.165, 1.54) is 0 Å². The number of ether oxygens (including phenoxy) is 1. The van der Waals surface area contributed by atoms with Gasteiger partial charge in [0.05, 0.1) is 11.1 Å². The first-order valence-electron chi connectivity index (χ1n) is 9.16. The number of carbonyl (C=O) groups excluding carboxylic acids is 2. The van der Waals surface area contributed by atoms with Crippen LogP contribution in [-0.4, -0.2) is 23.4 Å². The summed E-state index contributed by atoms with van der Waals surface area (Å²) < 4.78 is 5.56. The van der Waals surface area contributed by atoms with Crippen molar-refractivity contribution in [2.24, 2.45) is 0 Å². The van der Waals surface area contributed by atoms with Gasteiger partial charge in [-0.1, -0.05) is 36.8 Å². The largest absolute Gasteiger partial charge is 0.483 e. The zero-order chi connectivity index (χ0) is 20.1. The normalized spacial score (nSPS) is 10.5. The van der Waals surface area contributed by atoms with E-state index in [4.69, 9.17) is 4.74 Å². The second kappa shape index (κ2) is 8.52. The Hall–Kier alpha value is -3.41. The molecule has 2 amide bonds. The van der Waals surface area contributed by atoms with Gasteiger partial charge in [-0.3, -0.25) is 25.4 Å². The molecule has 2 aromatic carbocycles. The fourth-order valence-corrected chi connectivity index (χ4v) is 2.97. The Morgan fingerprint density at radius 3 is 2.61 bits per heavy atom. The molecule has 0 unspecified atom stereocenters. The third-order valence-electron chi connectivity index (χ3n) is 4.36. The van der Waals surface area contributed by atoms with Crippen LogP contribution >= 0.6 is 0 Å². The summed E-state index contributed by atoms with van der Waals surface area (Å²) in [7, 11) is 0. The van der Waals surface area contributed by atoms with E-state index in [0.717, 1.165) is 34.1 Å². The summed E-state index contributed by atoms with van der Waals surface area (Å²) in [6.07, 6.45) is 0.808. The summed E-state index contributed by atoms with van der Waals surface area (Å²) in [4.78, 5) is 29.1. The molecule has 3 aromatic rings. The number of hydrogen-bond acceptors (Lipinski definition) is 4. The maximum Gasteiger partial charge on any atom is 0.276 e. The zero-order valence-corrected chi connectivity index (χ0v) is 16.2. The quantitative estimate of drug-likeness (QED) is 0.669. The van der Waals surface area contributed by atoms with Crippen LogP contribution in [0.1, 0.15) is 34.1 Å². The van der Waals surface area contributed by atoms with Crippen molar-refractivity contribution in [2.45, 2.75) is 27.2 Å². The van der Waals surface area contributed by atoms with Gasteiger partial charge in [-0.2, -0.15) is 0 Å². The summed E-state index contributed by atoms with van der Waals surface area (Å²) in [6.45, 7) is 5.61. The molecule has 3 rings (SSSR count). The van der Waals surface area contributed by atoms with Gasteiger partial charge in [0, 0.05) is 11.1 Å². The van der Waals surface area contributed by atoms with Crippen LogP contribution in [0.4, 0.5) is 0 Å². The molecule has 0 aliphatic carbocycles. The van der Waals surface area contributed by atoms with E-state index in [2.05, 4.69) is 15.8 Å². The molecule has 28 heavy (non-hydrogen) atoms. The molecule has 6 heteroatoms. The van der Waals surface area contributed by atoms with Crippen LogP contribution in [0.5, 0.6) is 5.75 Å². The molecule has 0 radical (unpaired) electrons. The number of carbonyl (C=O) groups is 2. The molecule has 0 fully saturated rings. The molecule has 0 aliphatic rings. The second-order valence-corrected chi connectivity index (χ2v) is 6.58. The highest BCUT2D eigenvalue weighted by molar-refractivity contribution is 6.06. The minimum atomic E-state index is -0.439. The number of nitrogens with zero attached hydrogens (tertiary/aromatic N) is 1. The average molecular weight is 377 g/mol. The SMILES string of the molecule is CCc1ccccc1OCC(=O)NNC(=O)c1cc(C)nc2ccc(C)cc12. The summed E-state index contributed by atoms with van der Waals surface area (Å²) in [6, 6.07) is 15.0. The Morgan fingerprint density at radius 2 is 1.82 bits per heavy atom. The first kappa shape index (κ1) is 19.4. The fourth-order valence-electron chi connectivity index (χ4n) is 2.97. The van der Waals surface area contributed by atoms with Crippen molar-refractivity contribution in [1.29, 1.82) is 0 Å². The van der Waals surface area contributed by atoms with E-state index in [0.29, 0.717) is 11.3 Å². The van der Waals surface area contributed by atoms with E-state index < -0.39 is 11.8 Å². The molecule has 0 spiro atoms. The lowest BCUT2D eigenvalue weighted by Crippen LogP contribution is -2.44. The van der Waals surface area contributed by atoms with Crippen LogP contribution in [-0.2, 0) is 11.2 Å². The number of hydrazine groups is 1. The van der Waals surface area contributed by atoms with Gasteiger partial charge in [0.15, 0.2) is 6.61 Å². The first-order chi connectivity index (χ1) is 13.5. The first-order valence-corrected chi connectivity index (χ1v) is 9.16. The van der Waals surface area contributed by atoms with E-state index in [1.807, 2.05) is 63.2 Å². The van der Waals surface area contributed by atoms with Crippen molar-refractivity contribution < 1.29 is 14.3 Å². The molecule has 6 nitrogen and oxygen atoms in total. The molecule has 1 aromatic heterocycles. The predicted molar refractivity (Wildman–Crippen MR) is 108 cm³/mol. The minimum absolute atomic E-state index is 0.188. The maximum atomic E-state index is 12.6. The number of amides is 2. The van der Waals surface area contributed by atoms with E-state index >= 15 is 0 Å². The number of para-hydroxylation sites is 1. The smallest absolute Gasteiger partial charge is 0.276 e. The summed E-state index contributed by atoms with van der Waals surface area (Å²) in [5.41, 5.74) is 8.84. The Morgan fingerprint density at radius 1 is 1.04 bits per heavy atom. The molecular weight excluding hydrogens is 354 g/mol. The number of aromatic nitrogens is 1. The molecule has 144 valence electrons. The van der Waals surface area contributed by atoms with Crippen LogP contribution < -0.4 is 15.6 Å². The van der Waals surface area contributed by atoms with E-state index in [9.17, 15) is 9.59 Å². The number of benzene rings is 2. The Balaban J connectivity index is 1.65. The number of aryl methyl sites for hydroxylation is 3. The fraction of sp³-hybridized carbons (Fsp3) is 0.227. The van der Waals surface area contributed by atoms with Gasteiger partial charge in [-0.15, -0.1) is 0 Å². The zero-order valence-electron chi connectivity index (χ0n) is 16.2. The topological polar surface area (TPSA) is 80.3 Å². The number of hydrogen-bond donors (Lipinski definition) is 2. The third-order valence-corrected chi connectivity index (χ3v) is 4.36. The summed E-state index contributed by atoms with van der Waals surface area (Å²) in [5, 5.41) is 0.741. The Labute approximate surface area is 163 Å². The molecule has 2 N–H and O–H groups in total. The molecule has 0 saturated heterocycles. The van der Waals surface area contributed by atoms with Gasteiger partial charge in [-0.25, -0.2) is 0 Å². The van der Waals surface area contributed by atoms with Crippen molar-refractivity contribution in [3.05, 3.63) is 70.9 Å². The van der Waals surface area contributed by atoms with E-state index in [1.54, 1.807) is 6.07 Å². The van der Waals surface area contributed by atoms with Crippen LogP contribution in [0, 0.1) is 13.8 Å². The molecule has 0 atom stereocenters. The van der Waals surface area contributed by atoms with Crippen LogP contribution in [0.3, 0.4) is 0 Å². The monoisotopic (exact) mass is 377 g/mol. The van der Waals surface area contributed by atoms with Crippen molar-refractivity contribution in [1.82, 2.24) is 15.8 Å². The van der Waals surface area contributed by atoms with Crippen LogP contribution in [0.2, 0.25) is 0 Å². The number of pyridine rings is 1. The lowest BCUT2D eigenvalue weighted by atomic mass is 10.0. The van der Waals surface area contributed by atoms with Crippen molar-refractivity contribution in [3.8, 4) is 5.75 Å².